The van der Waals surface area contributed by atoms with Gasteiger partial charge in [-0.3, -0.25) is 4.79 Å². The first kappa shape index (κ1) is 14.3. The number of benzene rings is 1. The number of rotatable bonds is 3. The van der Waals surface area contributed by atoms with Crippen molar-refractivity contribution in [1.82, 2.24) is 4.31 Å². The molecule has 0 amide bonds. The predicted octanol–water partition coefficient (Wildman–Crippen LogP) is 1.83. The van der Waals surface area contributed by atoms with Crippen molar-refractivity contribution in [3.63, 3.8) is 0 Å². The summed E-state index contributed by atoms with van der Waals surface area (Å²) in [5, 5.41) is 9.45. The van der Waals surface area contributed by atoms with Gasteiger partial charge in [0.2, 0.25) is 10.0 Å². The summed E-state index contributed by atoms with van der Waals surface area (Å²) in [6, 6.07) is 5.88. The molecule has 0 spiro atoms. The lowest BCUT2D eigenvalue weighted by Crippen LogP contribution is -2.42. The van der Waals surface area contributed by atoms with Crippen LogP contribution in [0.3, 0.4) is 0 Å². The normalized spacial score (nSPS) is 21.2. The van der Waals surface area contributed by atoms with Gasteiger partial charge in [0.25, 0.3) is 0 Å². The highest BCUT2D eigenvalue weighted by Crippen LogP contribution is 2.24. The minimum absolute atomic E-state index is 0.0281. The molecule has 1 fully saturated rings. The Kier molecular flexibility index (Phi) is 4.13. The molecule has 1 aromatic rings. The zero-order valence-corrected chi connectivity index (χ0v) is 11.7. The highest BCUT2D eigenvalue weighted by Gasteiger charge is 2.33. The molecule has 0 unspecified atom stereocenters. The van der Waals surface area contributed by atoms with E-state index in [4.69, 9.17) is 16.7 Å². The van der Waals surface area contributed by atoms with E-state index in [1.54, 1.807) is 0 Å². The van der Waals surface area contributed by atoms with E-state index in [-0.39, 0.29) is 11.4 Å². The van der Waals surface area contributed by atoms with Gasteiger partial charge in [0, 0.05) is 18.1 Å². The Hall–Kier alpha value is -1.11. The van der Waals surface area contributed by atoms with Crippen molar-refractivity contribution in [2.24, 2.45) is 5.92 Å². The minimum atomic E-state index is -3.63. The lowest BCUT2D eigenvalue weighted by Gasteiger charge is -2.29. The number of piperidine rings is 1. The summed E-state index contributed by atoms with van der Waals surface area (Å²) in [5.41, 5.74) is 0. The Labute approximate surface area is 116 Å². The Balaban J connectivity index is 2.24. The minimum Gasteiger partial charge on any atom is -0.481 e. The summed E-state index contributed by atoms with van der Waals surface area (Å²) in [6.07, 6.45) is 1.08. The van der Waals surface area contributed by atoms with Gasteiger partial charge in [-0.2, -0.15) is 4.31 Å². The van der Waals surface area contributed by atoms with Crippen LogP contribution in [0.25, 0.3) is 0 Å². The average Bonchev–Trinajstić information content (AvgIpc) is 2.39. The fourth-order valence-corrected chi connectivity index (χ4v) is 3.77. The molecule has 1 aromatic carbocycles. The predicted molar refractivity (Wildman–Crippen MR) is 70.6 cm³/mol. The van der Waals surface area contributed by atoms with Crippen LogP contribution in [0.15, 0.2) is 29.2 Å². The summed E-state index contributed by atoms with van der Waals surface area (Å²) in [4.78, 5) is 11.1. The van der Waals surface area contributed by atoms with Crippen LogP contribution in [0.5, 0.6) is 0 Å². The number of hydrogen-bond donors (Lipinski definition) is 1. The summed E-state index contributed by atoms with van der Waals surface area (Å²) in [7, 11) is -3.63. The number of carbonyl (C=O) groups is 1. The van der Waals surface area contributed by atoms with Crippen molar-refractivity contribution in [2.75, 3.05) is 13.1 Å². The van der Waals surface area contributed by atoms with Crippen molar-refractivity contribution in [3.05, 3.63) is 29.3 Å². The number of nitrogens with zero attached hydrogens (tertiary/aromatic N) is 1. The quantitative estimate of drug-likeness (QED) is 0.924. The maximum atomic E-state index is 12.4. The van der Waals surface area contributed by atoms with Crippen molar-refractivity contribution >= 4 is 27.6 Å². The van der Waals surface area contributed by atoms with E-state index in [1.165, 1.54) is 28.6 Å². The highest BCUT2D eigenvalue weighted by atomic mass is 35.5. The number of carboxylic acid groups (broad SMARTS) is 1. The number of sulfonamides is 1. The molecule has 7 heteroatoms. The van der Waals surface area contributed by atoms with E-state index in [0.29, 0.717) is 24.4 Å². The first-order chi connectivity index (χ1) is 8.91. The van der Waals surface area contributed by atoms with Gasteiger partial charge in [0.05, 0.1) is 10.8 Å². The SMILES string of the molecule is O=C(O)[C@@H]1CCCN(S(=O)(=O)c2ccc(Cl)cc2)C1. The topological polar surface area (TPSA) is 74.7 Å². The third-order valence-electron chi connectivity index (χ3n) is 3.18. The molecule has 5 nitrogen and oxygen atoms in total. The van der Waals surface area contributed by atoms with Gasteiger partial charge in [-0.25, -0.2) is 8.42 Å². The largest absolute Gasteiger partial charge is 0.481 e. The molecule has 104 valence electrons. The van der Waals surface area contributed by atoms with E-state index >= 15 is 0 Å². The average molecular weight is 304 g/mol. The van der Waals surface area contributed by atoms with Crippen LogP contribution in [0.1, 0.15) is 12.8 Å². The molecule has 0 aromatic heterocycles. The monoisotopic (exact) mass is 303 g/mol. The number of aliphatic carboxylic acids is 1. The molecular formula is C12H14ClNO4S. The third-order valence-corrected chi connectivity index (χ3v) is 5.32. The summed E-state index contributed by atoms with van der Waals surface area (Å²) < 4.78 is 25.9. The molecule has 1 atom stereocenters. The van der Waals surface area contributed by atoms with Gasteiger partial charge in [0.15, 0.2) is 0 Å². The molecule has 19 heavy (non-hydrogen) atoms. The number of hydrogen-bond acceptors (Lipinski definition) is 3. The van der Waals surface area contributed by atoms with Gasteiger partial charge in [-0.15, -0.1) is 0 Å². The number of halogens is 1. The molecule has 0 aliphatic carbocycles. The molecule has 1 aliphatic heterocycles. The molecule has 2 rings (SSSR count). The summed E-state index contributed by atoms with van der Waals surface area (Å²) >= 11 is 5.73. The lowest BCUT2D eigenvalue weighted by atomic mass is 10.0. The standard InChI is InChI=1S/C12H14ClNO4S/c13-10-3-5-11(6-4-10)19(17,18)14-7-1-2-9(8-14)12(15)16/h3-6,9H,1-2,7-8H2,(H,15,16)/t9-/m1/s1. The van der Waals surface area contributed by atoms with Crippen LogP contribution >= 0.6 is 11.6 Å². The summed E-state index contributed by atoms with van der Waals surface area (Å²) in [6.45, 7) is 0.384. The van der Waals surface area contributed by atoms with E-state index in [0.717, 1.165) is 0 Å². The number of carboxylic acids is 1. The van der Waals surface area contributed by atoms with Crippen molar-refractivity contribution in [2.45, 2.75) is 17.7 Å². The highest BCUT2D eigenvalue weighted by molar-refractivity contribution is 7.89. The van der Waals surface area contributed by atoms with Crippen LogP contribution in [-0.4, -0.2) is 36.9 Å². The van der Waals surface area contributed by atoms with Crippen LogP contribution in [0, 0.1) is 5.92 Å². The Morgan fingerprint density at radius 1 is 1.32 bits per heavy atom. The van der Waals surface area contributed by atoms with E-state index in [9.17, 15) is 13.2 Å². The van der Waals surface area contributed by atoms with E-state index in [1.807, 2.05) is 0 Å². The fraction of sp³-hybridized carbons (Fsp3) is 0.417. The van der Waals surface area contributed by atoms with Gasteiger partial charge in [-0.05, 0) is 37.1 Å². The zero-order valence-electron chi connectivity index (χ0n) is 10.1. The maximum absolute atomic E-state index is 12.4. The van der Waals surface area contributed by atoms with E-state index < -0.39 is 21.9 Å². The van der Waals surface area contributed by atoms with Crippen molar-refractivity contribution in [1.29, 1.82) is 0 Å². The van der Waals surface area contributed by atoms with Crippen LogP contribution in [0.4, 0.5) is 0 Å². The molecule has 1 heterocycles. The van der Waals surface area contributed by atoms with E-state index in [2.05, 4.69) is 0 Å². The third kappa shape index (κ3) is 3.08. The lowest BCUT2D eigenvalue weighted by molar-refractivity contribution is -0.142. The van der Waals surface area contributed by atoms with Crippen LogP contribution < -0.4 is 0 Å². The molecule has 0 bridgehead atoms. The molecule has 1 saturated heterocycles. The second-order valence-electron chi connectivity index (χ2n) is 4.49. The molecule has 0 radical (unpaired) electrons. The van der Waals surface area contributed by atoms with Crippen LogP contribution in [-0.2, 0) is 14.8 Å². The molecule has 0 saturated carbocycles. The second kappa shape index (κ2) is 5.48. The smallest absolute Gasteiger partial charge is 0.307 e. The second-order valence-corrected chi connectivity index (χ2v) is 6.87. The Morgan fingerprint density at radius 3 is 2.53 bits per heavy atom. The first-order valence-corrected chi connectivity index (χ1v) is 7.71. The molecular weight excluding hydrogens is 290 g/mol. The zero-order chi connectivity index (χ0) is 14.0. The Morgan fingerprint density at radius 2 is 1.95 bits per heavy atom. The maximum Gasteiger partial charge on any atom is 0.307 e. The van der Waals surface area contributed by atoms with Gasteiger partial charge >= 0.3 is 5.97 Å². The van der Waals surface area contributed by atoms with Crippen LogP contribution in [0.2, 0.25) is 5.02 Å². The first-order valence-electron chi connectivity index (χ1n) is 5.90. The van der Waals surface area contributed by atoms with Gasteiger partial charge in [-0.1, -0.05) is 11.6 Å². The summed E-state index contributed by atoms with van der Waals surface area (Å²) in [5.74, 6) is -1.58. The Bertz CT molecular complexity index is 570. The molecule has 1 aliphatic rings. The van der Waals surface area contributed by atoms with Gasteiger partial charge < -0.3 is 5.11 Å². The van der Waals surface area contributed by atoms with Gasteiger partial charge in [0.1, 0.15) is 0 Å². The fourth-order valence-electron chi connectivity index (χ4n) is 2.12. The van der Waals surface area contributed by atoms with Crippen molar-refractivity contribution in [3.8, 4) is 0 Å². The van der Waals surface area contributed by atoms with Crippen molar-refractivity contribution < 1.29 is 18.3 Å². The molecule has 1 N–H and O–H groups in total.